The predicted molar refractivity (Wildman–Crippen MR) is 173 cm³/mol. The molecule has 0 spiro atoms. The first kappa shape index (κ1) is 28.9. The molecule has 1 atom stereocenters. The smallest absolute Gasteiger partial charge is 0.255 e. The fourth-order valence-corrected chi connectivity index (χ4v) is 6.33. The molecule has 4 heteroatoms. The fourth-order valence-electron chi connectivity index (χ4n) is 6.33. The molecule has 0 bridgehead atoms. The van der Waals surface area contributed by atoms with Gasteiger partial charge in [0, 0.05) is 47.7 Å². The lowest BCUT2D eigenvalue weighted by Crippen LogP contribution is -2.42. The van der Waals surface area contributed by atoms with Crippen molar-refractivity contribution in [2.45, 2.75) is 86.7 Å². The number of aryl methyl sites for hydroxylation is 2. The van der Waals surface area contributed by atoms with Crippen molar-refractivity contribution < 1.29 is 4.79 Å². The second-order valence-corrected chi connectivity index (χ2v) is 12.1. The number of rotatable bonds is 8. The number of fused-ring (bicyclic) bond motifs is 1. The number of hydrogen-bond donors (Lipinski definition) is 0. The van der Waals surface area contributed by atoms with Crippen molar-refractivity contribution >= 4 is 17.2 Å². The monoisotopic (exact) mass is 547 g/mol. The zero-order valence-electron chi connectivity index (χ0n) is 26.2. The van der Waals surface area contributed by atoms with E-state index in [1.54, 1.807) is 0 Å². The average molecular weight is 548 g/mol. The SMILES string of the molecule is CCCc1cc(-c2cc(C(/C=C(\C)C3=NC3)=C(C)C)c(C)n2C)c(C(=O)N2Cc3ccccc3CC2C)cc1CC. The molecule has 0 radical (unpaired) electrons. The van der Waals surface area contributed by atoms with Crippen LogP contribution in [0.3, 0.4) is 0 Å². The first-order valence-corrected chi connectivity index (χ1v) is 15.2. The van der Waals surface area contributed by atoms with Crippen LogP contribution in [0.25, 0.3) is 16.8 Å². The van der Waals surface area contributed by atoms with E-state index in [-0.39, 0.29) is 11.9 Å². The van der Waals surface area contributed by atoms with Gasteiger partial charge in [-0.15, -0.1) is 0 Å². The lowest BCUT2D eigenvalue weighted by Gasteiger charge is -2.35. The van der Waals surface area contributed by atoms with Gasteiger partial charge >= 0.3 is 0 Å². The van der Waals surface area contributed by atoms with Gasteiger partial charge in [-0.1, -0.05) is 50.1 Å². The molecule has 0 fully saturated rings. The van der Waals surface area contributed by atoms with Crippen LogP contribution in [0.5, 0.6) is 0 Å². The Bertz CT molecular complexity index is 1590. The van der Waals surface area contributed by atoms with Gasteiger partial charge in [-0.2, -0.15) is 0 Å². The summed E-state index contributed by atoms with van der Waals surface area (Å²) < 4.78 is 2.28. The van der Waals surface area contributed by atoms with E-state index >= 15 is 0 Å². The molecule has 0 aliphatic carbocycles. The molecule has 214 valence electrons. The van der Waals surface area contributed by atoms with Gasteiger partial charge in [0.1, 0.15) is 0 Å². The van der Waals surface area contributed by atoms with E-state index in [1.807, 2.05) is 0 Å². The van der Waals surface area contributed by atoms with Gasteiger partial charge in [-0.3, -0.25) is 9.79 Å². The summed E-state index contributed by atoms with van der Waals surface area (Å²) in [6, 6.07) is 15.5. The van der Waals surface area contributed by atoms with E-state index in [2.05, 4.69) is 119 Å². The van der Waals surface area contributed by atoms with Crippen LogP contribution in [0.2, 0.25) is 0 Å². The molecule has 2 aliphatic heterocycles. The molecular weight excluding hydrogens is 502 g/mol. The second-order valence-electron chi connectivity index (χ2n) is 12.1. The van der Waals surface area contributed by atoms with Gasteiger partial charge in [0.25, 0.3) is 5.91 Å². The maximum atomic E-state index is 14.5. The third-order valence-corrected chi connectivity index (χ3v) is 9.01. The molecule has 3 aromatic rings. The number of allylic oxidation sites excluding steroid dienone is 3. The summed E-state index contributed by atoms with van der Waals surface area (Å²) in [4.78, 5) is 21.0. The van der Waals surface area contributed by atoms with E-state index in [9.17, 15) is 4.79 Å². The maximum Gasteiger partial charge on any atom is 0.255 e. The fraction of sp³-hybridized carbons (Fsp3) is 0.405. The van der Waals surface area contributed by atoms with Crippen molar-refractivity contribution in [2.75, 3.05) is 6.54 Å². The Morgan fingerprint density at radius 2 is 1.73 bits per heavy atom. The molecule has 1 aromatic heterocycles. The van der Waals surface area contributed by atoms with E-state index < -0.39 is 0 Å². The Balaban J connectivity index is 1.65. The number of carbonyl (C=O) groups is 1. The highest BCUT2D eigenvalue weighted by Crippen LogP contribution is 2.37. The number of hydrogen-bond acceptors (Lipinski definition) is 2. The normalized spacial score (nSPS) is 16.4. The van der Waals surface area contributed by atoms with Crippen LogP contribution in [0, 0.1) is 6.92 Å². The largest absolute Gasteiger partial charge is 0.347 e. The Hall–Kier alpha value is -3.66. The van der Waals surface area contributed by atoms with Crippen LogP contribution in [0.15, 0.2) is 64.7 Å². The molecular formula is C37H45N3O. The number of aromatic nitrogens is 1. The molecule has 41 heavy (non-hydrogen) atoms. The zero-order valence-corrected chi connectivity index (χ0v) is 26.2. The summed E-state index contributed by atoms with van der Waals surface area (Å²) in [5.74, 6) is 0.130. The molecule has 3 heterocycles. The van der Waals surface area contributed by atoms with E-state index in [4.69, 9.17) is 0 Å². The molecule has 1 unspecified atom stereocenters. The van der Waals surface area contributed by atoms with Crippen LogP contribution in [0.4, 0.5) is 0 Å². The molecule has 1 amide bonds. The molecule has 5 rings (SSSR count). The highest BCUT2D eigenvalue weighted by molar-refractivity contribution is 6.11. The summed E-state index contributed by atoms with van der Waals surface area (Å²) in [6.45, 7) is 16.8. The first-order valence-electron chi connectivity index (χ1n) is 15.2. The Kier molecular flexibility index (Phi) is 8.22. The van der Waals surface area contributed by atoms with E-state index in [0.29, 0.717) is 6.54 Å². The Morgan fingerprint density at radius 1 is 1.02 bits per heavy atom. The molecule has 0 saturated carbocycles. The minimum Gasteiger partial charge on any atom is -0.347 e. The summed E-state index contributed by atoms with van der Waals surface area (Å²) in [6.07, 6.45) is 6.18. The summed E-state index contributed by atoms with van der Waals surface area (Å²) in [5, 5.41) is 0. The van der Waals surface area contributed by atoms with Gasteiger partial charge < -0.3 is 9.47 Å². The highest BCUT2D eigenvalue weighted by Gasteiger charge is 2.30. The van der Waals surface area contributed by atoms with Gasteiger partial charge in [0.15, 0.2) is 0 Å². The predicted octanol–water partition coefficient (Wildman–Crippen LogP) is 8.30. The number of carbonyl (C=O) groups excluding carboxylic acids is 1. The van der Waals surface area contributed by atoms with Crippen molar-refractivity contribution in [1.29, 1.82) is 0 Å². The van der Waals surface area contributed by atoms with Crippen LogP contribution in [-0.4, -0.2) is 33.7 Å². The maximum absolute atomic E-state index is 14.5. The van der Waals surface area contributed by atoms with Crippen LogP contribution in [-0.2, 0) is 32.9 Å². The summed E-state index contributed by atoms with van der Waals surface area (Å²) in [7, 11) is 2.14. The lowest BCUT2D eigenvalue weighted by atomic mass is 9.90. The summed E-state index contributed by atoms with van der Waals surface area (Å²) >= 11 is 0. The number of nitrogens with zero attached hydrogens (tertiary/aromatic N) is 3. The van der Waals surface area contributed by atoms with Crippen molar-refractivity contribution in [3.05, 3.63) is 98.8 Å². The third kappa shape index (κ3) is 5.62. The van der Waals surface area contributed by atoms with Crippen molar-refractivity contribution in [1.82, 2.24) is 9.47 Å². The van der Waals surface area contributed by atoms with Gasteiger partial charge in [0.05, 0.1) is 12.3 Å². The Morgan fingerprint density at radius 3 is 2.37 bits per heavy atom. The van der Waals surface area contributed by atoms with Crippen LogP contribution in [0.1, 0.15) is 91.8 Å². The van der Waals surface area contributed by atoms with Crippen molar-refractivity contribution in [3.8, 4) is 11.3 Å². The lowest BCUT2D eigenvalue weighted by molar-refractivity contribution is 0.0659. The van der Waals surface area contributed by atoms with Crippen molar-refractivity contribution in [3.63, 3.8) is 0 Å². The molecule has 0 saturated heterocycles. The number of aliphatic imine (C=N–C) groups is 1. The average Bonchev–Trinajstić information content (AvgIpc) is 3.77. The molecule has 2 aliphatic rings. The van der Waals surface area contributed by atoms with Gasteiger partial charge in [0.2, 0.25) is 0 Å². The minimum atomic E-state index is 0.130. The molecule has 2 aromatic carbocycles. The topological polar surface area (TPSA) is 37.6 Å². The van der Waals surface area contributed by atoms with Gasteiger partial charge in [-0.05, 0) is 112 Å². The first-order chi connectivity index (χ1) is 19.6. The molecule has 0 N–H and O–H groups in total. The standard InChI is InChI=1S/C37H45N3O/c1-9-13-28-19-33(36-20-32(26(7)39(36)8)31(23(3)4)16-24(5)35-21-38-35)34(18-27(28)10-2)37(41)40-22-30-15-12-11-14-29(30)17-25(40)6/h11-12,14-16,18-20,25H,9-10,13,17,21-22H2,1-8H3/b24-16+. The van der Waals surface area contributed by atoms with E-state index in [1.165, 1.54) is 55.9 Å². The zero-order chi connectivity index (χ0) is 29.4. The minimum absolute atomic E-state index is 0.130. The number of benzene rings is 2. The molecule has 4 nitrogen and oxygen atoms in total. The van der Waals surface area contributed by atoms with Crippen LogP contribution < -0.4 is 0 Å². The highest BCUT2D eigenvalue weighted by atomic mass is 16.2. The third-order valence-electron chi connectivity index (χ3n) is 9.01. The van der Waals surface area contributed by atoms with Gasteiger partial charge in [-0.25, -0.2) is 0 Å². The second kappa shape index (κ2) is 11.7. The van der Waals surface area contributed by atoms with Crippen LogP contribution >= 0.6 is 0 Å². The Labute approximate surface area is 246 Å². The number of amides is 1. The van der Waals surface area contributed by atoms with Crippen molar-refractivity contribution in [2.24, 2.45) is 12.0 Å². The van der Waals surface area contributed by atoms with E-state index in [0.717, 1.165) is 49.0 Å². The quantitative estimate of drug-likeness (QED) is 0.261. The summed E-state index contributed by atoms with van der Waals surface area (Å²) in [5.41, 5.74) is 15.6.